The number of aryl methyl sites for hydroxylation is 2. The van der Waals surface area contributed by atoms with Crippen LogP contribution < -0.4 is 21.1 Å². The summed E-state index contributed by atoms with van der Waals surface area (Å²) in [6.45, 7) is 6.89. The maximum atomic E-state index is 13.0. The lowest BCUT2D eigenvalue weighted by atomic mass is 9.92. The Morgan fingerprint density at radius 3 is 2.77 bits per heavy atom. The van der Waals surface area contributed by atoms with Gasteiger partial charge in [0.1, 0.15) is 5.82 Å². The predicted molar refractivity (Wildman–Crippen MR) is 121 cm³/mol. The van der Waals surface area contributed by atoms with Crippen molar-refractivity contribution in [3.63, 3.8) is 0 Å². The van der Waals surface area contributed by atoms with Gasteiger partial charge >= 0.3 is 0 Å². The third kappa shape index (κ3) is 4.19. The second kappa shape index (κ2) is 8.53. The predicted octanol–water partition coefficient (Wildman–Crippen LogP) is 3.22. The van der Waals surface area contributed by atoms with Crippen LogP contribution in [0.3, 0.4) is 0 Å². The molecule has 4 rings (SSSR count). The molecule has 1 aromatic heterocycles. The highest BCUT2D eigenvalue weighted by Crippen LogP contribution is 2.32. The van der Waals surface area contributed by atoms with Gasteiger partial charge < -0.3 is 15.5 Å². The lowest BCUT2D eigenvalue weighted by molar-refractivity contribution is -0.123. The summed E-state index contributed by atoms with van der Waals surface area (Å²) < 4.78 is 0. The Bertz CT molecular complexity index is 1080. The van der Waals surface area contributed by atoms with E-state index in [2.05, 4.69) is 32.4 Å². The van der Waals surface area contributed by atoms with Crippen molar-refractivity contribution in [3.05, 3.63) is 45.2 Å². The minimum absolute atomic E-state index is 0.0882. The monoisotopic (exact) mass is 423 g/mol. The lowest BCUT2D eigenvalue weighted by Gasteiger charge is -2.36. The van der Waals surface area contributed by atoms with E-state index in [0.717, 1.165) is 43.4 Å². The van der Waals surface area contributed by atoms with Gasteiger partial charge in [-0.05, 0) is 62.8 Å². The van der Waals surface area contributed by atoms with E-state index in [1.165, 1.54) is 0 Å². The molecule has 1 saturated heterocycles. The van der Waals surface area contributed by atoms with Crippen molar-refractivity contribution < 1.29 is 9.59 Å². The third-order valence-corrected chi connectivity index (χ3v) is 6.40. The van der Waals surface area contributed by atoms with Gasteiger partial charge in [-0.2, -0.15) is 4.98 Å². The van der Waals surface area contributed by atoms with Crippen LogP contribution >= 0.6 is 0 Å². The number of benzene rings is 1. The van der Waals surface area contributed by atoms with Gasteiger partial charge in [0, 0.05) is 24.7 Å². The van der Waals surface area contributed by atoms with E-state index in [4.69, 9.17) is 0 Å². The first kappa shape index (κ1) is 21.1. The fraction of sp³-hybridized carbons (Fsp3) is 0.478. The summed E-state index contributed by atoms with van der Waals surface area (Å²) in [6.07, 6.45) is 4.10. The van der Waals surface area contributed by atoms with Crippen molar-refractivity contribution in [2.75, 3.05) is 22.1 Å². The molecule has 0 radical (unpaired) electrons. The van der Waals surface area contributed by atoms with Gasteiger partial charge in [0.25, 0.3) is 5.56 Å². The van der Waals surface area contributed by atoms with Gasteiger partial charge in [-0.25, -0.2) is 0 Å². The molecule has 164 valence electrons. The van der Waals surface area contributed by atoms with Gasteiger partial charge in [0.05, 0.1) is 11.5 Å². The molecule has 0 bridgehead atoms. The highest BCUT2D eigenvalue weighted by Gasteiger charge is 2.35. The summed E-state index contributed by atoms with van der Waals surface area (Å²) in [7, 11) is 0. The van der Waals surface area contributed by atoms with Crippen LogP contribution in [-0.4, -0.2) is 34.4 Å². The minimum atomic E-state index is -0.890. The molecular formula is C23H29N5O3. The first-order valence-electron chi connectivity index (χ1n) is 11.0. The number of anilines is 3. The number of aromatic amines is 1. The Hall–Kier alpha value is -3.16. The Morgan fingerprint density at radius 1 is 1.23 bits per heavy atom. The van der Waals surface area contributed by atoms with Gasteiger partial charge in [0.2, 0.25) is 17.8 Å². The van der Waals surface area contributed by atoms with Crippen molar-refractivity contribution in [2.24, 2.45) is 0 Å². The SMILES string of the molecule is CC[C@@H]1CCCCN1c1nc2c(c(=O)[nH]1)[C@H](C(=O)Nc1ccc(C)c(C)c1)CC(=O)N2. The fourth-order valence-electron chi connectivity index (χ4n) is 4.47. The zero-order valence-electron chi connectivity index (χ0n) is 18.2. The van der Waals surface area contributed by atoms with E-state index in [0.29, 0.717) is 17.7 Å². The van der Waals surface area contributed by atoms with E-state index in [9.17, 15) is 14.4 Å². The molecular weight excluding hydrogens is 394 g/mol. The maximum absolute atomic E-state index is 13.0. The molecule has 8 heteroatoms. The third-order valence-electron chi connectivity index (χ3n) is 6.40. The van der Waals surface area contributed by atoms with Crippen LogP contribution in [0, 0.1) is 13.8 Å². The number of hydrogen-bond donors (Lipinski definition) is 3. The molecule has 0 spiro atoms. The Balaban J connectivity index is 1.65. The normalized spacial score (nSPS) is 20.7. The first-order valence-corrected chi connectivity index (χ1v) is 11.0. The van der Waals surface area contributed by atoms with Crippen LogP contribution in [0.15, 0.2) is 23.0 Å². The molecule has 0 unspecified atom stereocenters. The zero-order valence-corrected chi connectivity index (χ0v) is 18.2. The van der Waals surface area contributed by atoms with Crippen LogP contribution in [0.25, 0.3) is 0 Å². The number of rotatable bonds is 4. The van der Waals surface area contributed by atoms with Crippen molar-refractivity contribution in [3.8, 4) is 0 Å². The van der Waals surface area contributed by atoms with Gasteiger partial charge in [0.15, 0.2) is 0 Å². The number of carbonyl (C=O) groups excluding carboxylic acids is 2. The number of fused-ring (bicyclic) bond motifs is 1. The second-order valence-electron chi connectivity index (χ2n) is 8.50. The number of aromatic nitrogens is 2. The number of nitrogens with one attached hydrogen (secondary N) is 3. The summed E-state index contributed by atoms with van der Waals surface area (Å²) in [4.78, 5) is 48.0. The highest BCUT2D eigenvalue weighted by molar-refractivity contribution is 6.04. The molecule has 2 atom stereocenters. The molecule has 0 aliphatic carbocycles. The molecule has 8 nitrogen and oxygen atoms in total. The number of amides is 2. The number of nitrogens with zero attached hydrogens (tertiary/aromatic N) is 2. The molecule has 2 aliphatic rings. The quantitative estimate of drug-likeness (QED) is 0.700. The standard InChI is InChI=1S/C23H29N5O3/c1-4-16-7-5-6-10-28(16)23-26-20-19(22(31)27-23)17(12-18(29)25-20)21(30)24-15-9-8-13(2)14(3)11-15/h8-9,11,16-17H,4-7,10,12H2,1-3H3,(H,24,30)(H2,25,26,27,29,31)/t16-,17-/m1/s1. The number of carbonyl (C=O) groups is 2. The van der Waals surface area contributed by atoms with Crippen LogP contribution in [0.5, 0.6) is 0 Å². The molecule has 1 fully saturated rings. The van der Waals surface area contributed by atoms with Crippen LogP contribution in [0.4, 0.5) is 17.5 Å². The molecule has 31 heavy (non-hydrogen) atoms. The topological polar surface area (TPSA) is 107 Å². The van der Waals surface area contributed by atoms with Crippen LogP contribution in [0.1, 0.15) is 61.6 Å². The van der Waals surface area contributed by atoms with Crippen molar-refractivity contribution in [2.45, 2.75) is 64.8 Å². The molecule has 3 N–H and O–H groups in total. The summed E-state index contributed by atoms with van der Waals surface area (Å²) in [5.74, 6) is -0.938. The van der Waals surface area contributed by atoms with Gasteiger partial charge in [-0.15, -0.1) is 0 Å². The van der Waals surface area contributed by atoms with Crippen LogP contribution in [0.2, 0.25) is 0 Å². The van der Waals surface area contributed by atoms with E-state index < -0.39 is 5.92 Å². The summed E-state index contributed by atoms with van der Waals surface area (Å²) in [5.41, 5.74) is 2.66. The fourth-order valence-corrected chi connectivity index (χ4v) is 4.47. The number of hydrogen-bond acceptors (Lipinski definition) is 5. The van der Waals surface area contributed by atoms with Gasteiger partial charge in [-0.3, -0.25) is 19.4 Å². The highest BCUT2D eigenvalue weighted by atomic mass is 16.2. The Labute approximate surface area is 181 Å². The van der Waals surface area contributed by atoms with Crippen LogP contribution in [-0.2, 0) is 9.59 Å². The van der Waals surface area contributed by atoms with Gasteiger partial charge in [-0.1, -0.05) is 13.0 Å². The molecule has 0 saturated carbocycles. The average molecular weight is 424 g/mol. The minimum Gasteiger partial charge on any atom is -0.339 e. The number of piperidine rings is 1. The average Bonchev–Trinajstić information content (AvgIpc) is 2.75. The molecule has 2 amide bonds. The zero-order chi connectivity index (χ0) is 22.1. The van der Waals surface area contributed by atoms with Crippen molar-refractivity contribution >= 4 is 29.3 Å². The molecule has 2 aromatic rings. The largest absolute Gasteiger partial charge is 0.339 e. The summed E-state index contributed by atoms with van der Waals surface area (Å²) in [5, 5.41) is 5.55. The first-order chi connectivity index (χ1) is 14.9. The molecule has 1 aromatic carbocycles. The molecule has 2 aliphatic heterocycles. The molecule has 3 heterocycles. The second-order valence-corrected chi connectivity index (χ2v) is 8.50. The van der Waals surface area contributed by atoms with E-state index >= 15 is 0 Å². The lowest BCUT2D eigenvalue weighted by Crippen LogP contribution is -2.43. The maximum Gasteiger partial charge on any atom is 0.258 e. The van der Waals surface area contributed by atoms with E-state index in [1.54, 1.807) is 0 Å². The van der Waals surface area contributed by atoms with Crippen molar-refractivity contribution in [1.29, 1.82) is 0 Å². The van der Waals surface area contributed by atoms with Crippen molar-refractivity contribution in [1.82, 2.24) is 9.97 Å². The Morgan fingerprint density at radius 2 is 2.03 bits per heavy atom. The summed E-state index contributed by atoms with van der Waals surface area (Å²) >= 11 is 0. The smallest absolute Gasteiger partial charge is 0.258 e. The summed E-state index contributed by atoms with van der Waals surface area (Å²) in [6, 6.07) is 5.93. The Kier molecular flexibility index (Phi) is 5.80. The number of H-pyrrole nitrogens is 1. The van der Waals surface area contributed by atoms with E-state index in [1.807, 2.05) is 32.0 Å². The van der Waals surface area contributed by atoms with E-state index in [-0.39, 0.29) is 35.2 Å².